The van der Waals surface area contributed by atoms with Crippen LogP contribution in [0.15, 0.2) is 18.3 Å². The van der Waals surface area contributed by atoms with Crippen molar-refractivity contribution in [2.24, 2.45) is 0 Å². The summed E-state index contributed by atoms with van der Waals surface area (Å²) in [6, 6.07) is 3.30. The number of aromatic amines is 1. The molecule has 0 saturated heterocycles. The maximum Gasteiger partial charge on any atom is 0.259 e. The predicted molar refractivity (Wildman–Crippen MR) is 47.9 cm³/mol. The number of carbonyl (C=O) groups is 2. The van der Waals surface area contributed by atoms with Crippen LogP contribution in [0.2, 0.25) is 0 Å². The lowest BCUT2D eigenvalue weighted by atomic mass is 10.1. The van der Waals surface area contributed by atoms with Crippen LogP contribution in [0.4, 0.5) is 0 Å². The predicted octanol–water partition coefficient (Wildman–Crippen LogP) is 0.447. The van der Waals surface area contributed by atoms with E-state index in [1.807, 2.05) is 0 Å². The molecule has 1 aromatic heterocycles. The van der Waals surface area contributed by atoms with Gasteiger partial charge < -0.3 is 0 Å². The second kappa shape index (κ2) is 2.20. The van der Waals surface area contributed by atoms with Crippen molar-refractivity contribution in [3.8, 4) is 0 Å². The Labute approximate surface area is 78.1 Å². The van der Waals surface area contributed by atoms with E-state index in [1.165, 1.54) is 0 Å². The molecule has 1 aliphatic heterocycles. The average molecular weight is 187 g/mol. The van der Waals surface area contributed by atoms with E-state index in [4.69, 9.17) is 0 Å². The van der Waals surface area contributed by atoms with E-state index < -0.39 is 0 Å². The van der Waals surface area contributed by atoms with Crippen molar-refractivity contribution in [1.29, 1.82) is 0 Å². The Morgan fingerprint density at radius 3 is 2.57 bits per heavy atom. The molecular formula is C9H5N3O2. The number of nitrogens with zero attached hydrogens (tertiary/aromatic N) is 1. The molecule has 2 heterocycles. The van der Waals surface area contributed by atoms with Crippen LogP contribution < -0.4 is 5.32 Å². The lowest BCUT2D eigenvalue weighted by Gasteiger charge is -1.93. The van der Waals surface area contributed by atoms with Gasteiger partial charge in [-0.3, -0.25) is 20.0 Å². The zero-order chi connectivity index (χ0) is 9.71. The molecule has 5 heteroatoms. The second-order valence-electron chi connectivity index (χ2n) is 3.14. The number of H-pyrrole nitrogens is 1. The van der Waals surface area contributed by atoms with Crippen LogP contribution in [0.25, 0.3) is 10.9 Å². The SMILES string of the molecule is O=C1NC(=O)c2cc3[nH]ncc3cc21. The Balaban J connectivity index is 2.43. The van der Waals surface area contributed by atoms with Gasteiger partial charge in [0.25, 0.3) is 11.8 Å². The minimum absolute atomic E-state index is 0.340. The van der Waals surface area contributed by atoms with Crippen LogP contribution in [-0.2, 0) is 0 Å². The number of amides is 2. The maximum atomic E-state index is 11.3. The molecule has 2 N–H and O–H groups in total. The molecule has 1 aliphatic rings. The number of hydrogen-bond acceptors (Lipinski definition) is 3. The van der Waals surface area contributed by atoms with Crippen LogP contribution in [0, 0.1) is 0 Å². The van der Waals surface area contributed by atoms with Crippen molar-refractivity contribution < 1.29 is 9.59 Å². The highest BCUT2D eigenvalue weighted by atomic mass is 16.2. The average Bonchev–Trinajstić information content (AvgIpc) is 2.70. The first-order valence-corrected chi connectivity index (χ1v) is 4.08. The summed E-state index contributed by atoms with van der Waals surface area (Å²) < 4.78 is 0. The summed E-state index contributed by atoms with van der Waals surface area (Å²) in [6.07, 6.45) is 1.62. The number of hydrogen-bond donors (Lipinski definition) is 2. The fraction of sp³-hybridized carbons (Fsp3) is 0. The van der Waals surface area contributed by atoms with Gasteiger partial charge in [0, 0.05) is 5.39 Å². The summed E-state index contributed by atoms with van der Waals surface area (Å²) >= 11 is 0. The smallest absolute Gasteiger partial charge is 0.259 e. The Morgan fingerprint density at radius 2 is 1.79 bits per heavy atom. The number of carbonyl (C=O) groups excluding carboxylic acids is 2. The molecule has 2 aromatic rings. The second-order valence-corrected chi connectivity index (χ2v) is 3.14. The molecule has 0 spiro atoms. The lowest BCUT2D eigenvalue weighted by Crippen LogP contribution is -2.19. The Kier molecular flexibility index (Phi) is 1.14. The molecular weight excluding hydrogens is 182 g/mol. The van der Waals surface area contributed by atoms with Gasteiger partial charge in [0.2, 0.25) is 0 Å². The third-order valence-corrected chi connectivity index (χ3v) is 2.29. The molecule has 3 rings (SSSR count). The molecule has 2 amide bonds. The third kappa shape index (κ3) is 0.756. The molecule has 0 bridgehead atoms. The highest BCUT2D eigenvalue weighted by Crippen LogP contribution is 2.21. The van der Waals surface area contributed by atoms with E-state index in [1.54, 1.807) is 18.3 Å². The molecule has 68 valence electrons. The maximum absolute atomic E-state index is 11.3. The number of fused-ring (bicyclic) bond motifs is 2. The molecule has 14 heavy (non-hydrogen) atoms. The standard InChI is InChI=1S/C9H5N3O2/c13-8-5-1-4-3-10-12-7(4)2-6(5)9(14)11-8/h1-3H,(H,10,12)(H,11,13,14). The molecule has 0 atom stereocenters. The van der Waals surface area contributed by atoms with Crippen molar-refractivity contribution in [2.45, 2.75) is 0 Å². The summed E-state index contributed by atoms with van der Waals surface area (Å²) in [7, 11) is 0. The van der Waals surface area contributed by atoms with Crippen molar-refractivity contribution in [1.82, 2.24) is 15.5 Å². The molecule has 5 nitrogen and oxygen atoms in total. The Morgan fingerprint density at radius 1 is 1.07 bits per heavy atom. The molecule has 0 saturated carbocycles. The van der Waals surface area contributed by atoms with Gasteiger partial charge in [0.15, 0.2) is 0 Å². The Bertz CT molecular complexity index is 522. The first-order valence-electron chi connectivity index (χ1n) is 4.08. The highest BCUT2D eigenvalue weighted by Gasteiger charge is 2.27. The van der Waals surface area contributed by atoms with E-state index in [0.29, 0.717) is 11.1 Å². The number of rotatable bonds is 0. The first kappa shape index (κ1) is 7.25. The zero-order valence-electron chi connectivity index (χ0n) is 7.00. The number of imide groups is 1. The van der Waals surface area contributed by atoms with Crippen LogP contribution in [-0.4, -0.2) is 22.0 Å². The number of nitrogens with one attached hydrogen (secondary N) is 2. The van der Waals surface area contributed by atoms with Gasteiger partial charge in [-0.25, -0.2) is 0 Å². The van der Waals surface area contributed by atoms with E-state index in [0.717, 1.165) is 10.9 Å². The van der Waals surface area contributed by atoms with Gasteiger partial charge in [0.05, 0.1) is 22.8 Å². The van der Waals surface area contributed by atoms with Crippen molar-refractivity contribution in [2.75, 3.05) is 0 Å². The van der Waals surface area contributed by atoms with Gasteiger partial charge in [-0.2, -0.15) is 5.10 Å². The van der Waals surface area contributed by atoms with Gasteiger partial charge in [-0.1, -0.05) is 0 Å². The number of benzene rings is 1. The molecule has 0 radical (unpaired) electrons. The molecule has 0 fully saturated rings. The lowest BCUT2D eigenvalue weighted by molar-refractivity contribution is 0.0879. The molecule has 0 unspecified atom stereocenters. The van der Waals surface area contributed by atoms with E-state index in [9.17, 15) is 9.59 Å². The molecule has 1 aromatic carbocycles. The summed E-state index contributed by atoms with van der Waals surface area (Å²) in [4.78, 5) is 22.6. The number of aromatic nitrogens is 2. The van der Waals surface area contributed by atoms with Crippen LogP contribution in [0.1, 0.15) is 20.7 Å². The zero-order valence-corrected chi connectivity index (χ0v) is 7.00. The van der Waals surface area contributed by atoms with Gasteiger partial charge in [-0.15, -0.1) is 0 Å². The van der Waals surface area contributed by atoms with Crippen molar-refractivity contribution in [3.05, 3.63) is 29.5 Å². The summed E-state index contributed by atoms with van der Waals surface area (Å²) in [6.45, 7) is 0. The fourth-order valence-corrected chi connectivity index (χ4v) is 1.60. The van der Waals surface area contributed by atoms with E-state index in [2.05, 4.69) is 15.5 Å². The quantitative estimate of drug-likeness (QED) is 0.588. The summed E-state index contributed by atoms with van der Waals surface area (Å²) in [5.41, 5.74) is 1.59. The first-order chi connectivity index (χ1) is 6.75. The van der Waals surface area contributed by atoms with Gasteiger partial charge >= 0.3 is 0 Å². The highest BCUT2D eigenvalue weighted by molar-refractivity contribution is 6.23. The van der Waals surface area contributed by atoms with E-state index in [-0.39, 0.29) is 11.8 Å². The topological polar surface area (TPSA) is 74.8 Å². The monoisotopic (exact) mass is 187 g/mol. The summed E-state index contributed by atoms with van der Waals surface area (Å²) in [5, 5.41) is 9.63. The third-order valence-electron chi connectivity index (χ3n) is 2.29. The van der Waals surface area contributed by atoms with Crippen LogP contribution >= 0.6 is 0 Å². The van der Waals surface area contributed by atoms with Crippen LogP contribution in [0.5, 0.6) is 0 Å². The molecule has 0 aliphatic carbocycles. The Hall–Kier alpha value is -2.17. The van der Waals surface area contributed by atoms with Gasteiger partial charge in [0.1, 0.15) is 0 Å². The largest absolute Gasteiger partial charge is 0.288 e. The minimum Gasteiger partial charge on any atom is -0.288 e. The van der Waals surface area contributed by atoms with Crippen molar-refractivity contribution >= 4 is 22.7 Å². The van der Waals surface area contributed by atoms with E-state index >= 15 is 0 Å². The van der Waals surface area contributed by atoms with Crippen LogP contribution in [0.3, 0.4) is 0 Å². The summed E-state index contributed by atoms with van der Waals surface area (Å²) in [5.74, 6) is -0.686. The normalized spacial score (nSPS) is 14.6. The minimum atomic E-state index is -0.346. The van der Waals surface area contributed by atoms with Crippen molar-refractivity contribution in [3.63, 3.8) is 0 Å². The van der Waals surface area contributed by atoms with Gasteiger partial charge in [-0.05, 0) is 12.1 Å². The fourth-order valence-electron chi connectivity index (χ4n) is 1.60.